The van der Waals surface area contributed by atoms with Crippen molar-refractivity contribution in [3.63, 3.8) is 0 Å². The van der Waals surface area contributed by atoms with E-state index in [-0.39, 0.29) is 30.3 Å². The Bertz CT molecular complexity index is 863. The van der Waals surface area contributed by atoms with Crippen LogP contribution < -0.4 is 9.64 Å². The number of esters is 1. The van der Waals surface area contributed by atoms with Gasteiger partial charge in [0.05, 0.1) is 18.7 Å². The highest BCUT2D eigenvalue weighted by Gasteiger charge is 2.29. The fraction of sp³-hybridized carbons (Fsp3) is 0.440. The van der Waals surface area contributed by atoms with Crippen molar-refractivity contribution in [3.8, 4) is 5.75 Å². The maximum Gasteiger partial charge on any atom is 0.314 e. The number of ether oxygens (including phenoxy) is 2. The largest absolute Gasteiger partial charge is 0.495 e. The number of amides is 1. The van der Waals surface area contributed by atoms with Crippen molar-refractivity contribution in [2.24, 2.45) is 5.92 Å². The van der Waals surface area contributed by atoms with Crippen LogP contribution in [0.1, 0.15) is 31.7 Å². The van der Waals surface area contributed by atoms with E-state index in [1.165, 1.54) is 0 Å². The third-order valence-corrected chi connectivity index (χ3v) is 6.02. The summed E-state index contributed by atoms with van der Waals surface area (Å²) in [6, 6.07) is 17.5. The van der Waals surface area contributed by atoms with E-state index in [1.807, 2.05) is 61.5 Å². The number of hydrogen-bond acceptors (Lipinski definition) is 5. The number of methoxy groups -OCH3 is 1. The van der Waals surface area contributed by atoms with E-state index in [0.717, 1.165) is 23.4 Å². The molecule has 1 saturated heterocycles. The summed E-state index contributed by atoms with van der Waals surface area (Å²) in [5.41, 5.74) is 1.96. The SMILES string of the molecule is CC[C@@H](C)[C@@H](C(=O)OCC(=O)N1CCN(c2ccccc2OC)CC1)c1ccccc1. The molecule has 1 aliphatic heterocycles. The third kappa shape index (κ3) is 5.57. The molecule has 166 valence electrons. The van der Waals surface area contributed by atoms with Gasteiger partial charge >= 0.3 is 5.97 Å². The molecule has 1 aliphatic rings. The summed E-state index contributed by atoms with van der Waals surface area (Å²) < 4.78 is 10.9. The summed E-state index contributed by atoms with van der Waals surface area (Å²) in [5, 5.41) is 0. The molecule has 2 atom stereocenters. The van der Waals surface area contributed by atoms with Gasteiger partial charge in [0.15, 0.2) is 6.61 Å². The molecule has 1 heterocycles. The molecule has 1 fully saturated rings. The molecular weight excluding hydrogens is 392 g/mol. The average Bonchev–Trinajstić information content (AvgIpc) is 2.83. The van der Waals surface area contributed by atoms with Crippen LogP contribution in [-0.2, 0) is 14.3 Å². The van der Waals surface area contributed by atoms with Gasteiger partial charge < -0.3 is 19.3 Å². The zero-order valence-corrected chi connectivity index (χ0v) is 18.6. The number of nitrogens with zero attached hydrogens (tertiary/aromatic N) is 2. The molecule has 0 aromatic heterocycles. The van der Waals surface area contributed by atoms with Crippen molar-refractivity contribution in [2.45, 2.75) is 26.2 Å². The highest BCUT2D eigenvalue weighted by Crippen LogP contribution is 2.29. The number of benzene rings is 2. The number of anilines is 1. The molecule has 0 unspecified atom stereocenters. The molecule has 0 spiro atoms. The first kappa shape index (κ1) is 22.7. The predicted molar refractivity (Wildman–Crippen MR) is 121 cm³/mol. The lowest BCUT2D eigenvalue weighted by Gasteiger charge is -2.36. The highest BCUT2D eigenvalue weighted by atomic mass is 16.5. The van der Waals surface area contributed by atoms with Gasteiger partial charge in [-0.05, 0) is 23.6 Å². The minimum Gasteiger partial charge on any atom is -0.495 e. The molecule has 1 amide bonds. The lowest BCUT2D eigenvalue weighted by atomic mass is 9.86. The van der Waals surface area contributed by atoms with E-state index >= 15 is 0 Å². The van der Waals surface area contributed by atoms with Gasteiger partial charge in [-0.15, -0.1) is 0 Å². The van der Waals surface area contributed by atoms with Crippen molar-refractivity contribution in [3.05, 3.63) is 60.2 Å². The van der Waals surface area contributed by atoms with E-state index in [0.29, 0.717) is 26.2 Å². The maximum absolute atomic E-state index is 12.8. The standard InChI is InChI=1S/C25H32N2O4/c1-4-19(2)24(20-10-6-5-7-11-20)25(29)31-18-23(28)27-16-14-26(15-17-27)21-12-8-9-13-22(21)30-3/h5-13,19,24H,4,14-18H2,1-3H3/t19-,24-/m1/s1. The van der Waals surface area contributed by atoms with Gasteiger partial charge in [-0.25, -0.2) is 0 Å². The van der Waals surface area contributed by atoms with Gasteiger partial charge in [0.2, 0.25) is 0 Å². The summed E-state index contributed by atoms with van der Waals surface area (Å²) in [4.78, 5) is 29.5. The number of para-hydroxylation sites is 2. The molecular formula is C25H32N2O4. The first-order valence-corrected chi connectivity index (χ1v) is 10.9. The van der Waals surface area contributed by atoms with Crippen LogP contribution in [0.3, 0.4) is 0 Å². The van der Waals surface area contributed by atoms with Crippen LogP contribution in [-0.4, -0.2) is 56.7 Å². The van der Waals surface area contributed by atoms with Gasteiger partial charge in [-0.1, -0.05) is 62.7 Å². The van der Waals surface area contributed by atoms with Crippen molar-refractivity contribution < 1.29 is 19.1 Å². The van der Waals surface area contributed by atoms with Gasteiger partial charge in [0.1, 0.15) is 5.75 Å². The van der Waals surface area contributed by atoms with E-state index in [9.17, 15) is 9.59 Å². The second kappa shape index (κ2) is 10.8. The Morgan fingerprint density at radius 3 is 2.26 bits per heavy atom. The molecule has 2 aromatic carbocycles. The second-order valence-corrected chi connectivity index (χ2v) is 7.92. The monoisotopic (exact) mass is 424 g/mol. The molecule has 0 radical (unpaired) electrons. The van der Waals surface area contributed by atoms with Crippen molar-refractivity contribution >= 4 is 17.6 Å². The zero-order chi connectivity index (χ0) is 22.2. The number of piperazine rings is 1. The first-order valence-electron chi connectivity index (χ1n) is 10.9. The highest BCUT2D eigenvalue weighted by molar-refractivity contribution is 5.83. The van der Waals surface area contributed by atoms with Crippen LogP contribution in [0.25, 0.3) is 0 Å². The Labute approximate surface area is 184 Å². The lowest BCUT2D eigenvalue weighted by Crippen LogP contribution is -2.50. The summed E-state index contributed by atoms with van der Waals surface area (Å²) in [6.07, 6.45) is 0.855. The summed E-state index contributed by atoms with van der Waals surface area (Å²) in [7, 11) is 1.66. The third-order valence-electron chi connectivity index (χ3n) is 6.02. The summed E-state index contributed by atoms with van der Waals surface area (Å²) in [6.45, 7) is 6.47. The summed E-state index contributed by atoms with van der Waals surface area (Å²) >= 11 is 0. The molecule has 0 N–H and O–H groups in total. The Hall–Kier alpha value is -3.02. The number of carbonyl (C=O) groups excluding carboxylic acids is 2. The van der Waals surface area contributed by atoms with Crippen LogP contribution in [0.5, 0.6) is 5.75 Å². The molecule has 6 heteroatoms. The molecule has 0 saturated carbocycles. The van der Waals surface area contributed by atoms with Gasteiger partial charge in [-0.2, -0.15) is 0 Å². The zero-order valence-electron chi connectivity index (χ0n) is 18.6. The Kier molecular flexibility index (Phi) is 7.93. The lowest BCUT2D eigenvalue weighted by molar-refractivity contribution is -0.154. The molecule has 0 aliphatic carbocycles. The average molecular weight is 425 g/mol. The van der Waals surface area contributed by atoms with Crippen molar-refractivity contribution in [2.75, 3.05) is 44.8 Å². The minimum absolute atomic E-state index is 0.134. The molecule has 0 bridgehead atoms. The fourth-order valence-corrected chi connectivity index (χ4v) is 3.99. The summed E-state index contributed by atoms with van der Waals surface area (Å²) in [5.74, 6) is 0.120. The molecule has 2 aromatic rings. The normalized spacial score (nSPS) is 15.8. The van der Waals surface area contributed by atoms with E-state index in [1.54, 1.807) is 12.0 Å². The minimum atomic E-state index is -0.360. The van der Waals surface area contributed by atoms with E-state index in [4.69, 9.17) is 9.47 Å². The Balaban J connectivity index is 1.54. The van der Waals surface area contributed by atoms with Gasteiger partial charge in [0.25, 0.3) is 5.91 Å². The number of rotatable bonds is 8. The second-order valence-electron chi connectivity index (χ2n) is 7.92. The molecule has 3 rings (SSSR count). The fourth-order valence-electron chi connectivity index (χ4n) is 3.99. The maximum atomic E-state index is 12.8. The number of hydrogen-bond donors (Lipinski definition) is 0. The van der Waals surface area contributed by atoms with Crippen LogP contribution in [0, 0.1) is 5.92 Å². The van der Waals surface area contributed by atoms with Crippen LogP contribution in [0.4, 0.5) is 5.69 Å². The first-order chi connectivity index (χ1) is 15.0. The van der Waals surface area contributed by atoms with Crippen LogP contribution in [0.15, 0.2) is 54.6 Å². The smallest absolute Gasteiger partial charge is 0.314 e. The van der Waals surface area contributed by atoms with Gasteiger partial charge in [-0.3, -0.25) is 9.59 Å². The van der Waals surface area contributed by atoms with E-state index in [2.05, 4.69) is 11.8 Å². The Morgan fingerprint density at radius 2 is 1.61 bits per heavy atom. The molecule has 31 heavy (non-hydrogen) atoms. The van der Waals surface area contributed by atoms with Crippen LogP contribution >= 0.6 is 0 Å². The quantitative estimate of drug-likeness (QED) is 0.605. The van der Waals surface area contributed by atoms with Crippen LogP contribution in [0.2, 0.25) is 0 Å². The predicted octanol–water partition coefficient (Wildman–Crippen LogP) is 3.72. The molecule has 6 nitrogen and oxygen atoms in total. The van der Waals surface area contributed by atoms with Gasteiger partial charge in [0, 0.05) is 26.2 Å². The van der Waals surface area contributed by atoms with Crippen molar-refractivity contribution in [1.82, 2.24) is 4.90 Å². The number of carbonyl (C=O) groups is 2. The van der Waals surface area contributed by atoms with Crippen molar-refractivity contribution in [1.29, 1.82) is 0 Å². The Morgan fingerprint density at radius 1 is 0.968 bits per heavy atom. The van der Waals surface area contributed by atoms with E-state index < -0.39 is 0 Å². The topological polar surface area (TPSA) is 59.1 Å².